The van der Waals surface area contributed by atoms with E-state index in [-0.39, 0.29) is 0 Å². The molecule has 0 bridgehead atoms. The zero-order valence-corrected chi connectivity index (χ0v) is 8.69. The van der Waals surface area contributed by atoms with Crippen LogP contribution in [0.1, 0.15) is 16.1 Å². The zero-order chi connectivity index (χ0) is 10.7. The van der Waals surface area contributed by atoms with E-state index in [1.807, 2.05) is 24.3 Å². The van der Waals surface area contributed by atoms with Crippen molar-refractivity contribution in [2.75, 3.05) is 0 Å². The van der Waals surface area contributed by atoms with E-state index in [0.717, 1.165) is 11.8 Å². The third-order valence-corrected chi connectivity index (χ3v) is 2.38. The summed E-state index contributed by atoms with van der Waals surface area (Å²) in [4.78, 5) is 14.6. The van der Waals surface area contributed by atoms with Crippen LogP contribution < -0.4 is 0 Å². The van der Waals surface area contributed by atoms with Gasteiger partial charge in [0.15, 0.2) is 6.29 Å². The van der Waals surface area contributed by atoms with E-state index in [9.17, 15) is 4.79 Å². The molecule has 0 amide bonds. The van der Waals surface area contributed by atoms with E-state index >= 15 is 0 Å². The summed E-state index contributed by atoms with van der Waals surface area (Å²) >= 11 is 5.78. The summed E-state index contributed by atoms with van der Waals surface area (Å²) in [7, 11) is 0. The quantitative estimate of drug-likeness (QED) is 0.745. The minimum Gasteiger partial charge on any atom is -0.324 e. The van der Waals surface area contributed by atoms with E-state index in [4.69, 9.17) is 11.6 Å². The number of carbonyl (C=O) groups excluding carboxylic acids is 1. The number of rotatable bonds is 3. The Morgan fingerprint density at radius 3 is 2.73 bits per heavy atom. The number of nitrogens with zero attached hydrogens (tertiary/aromatic N) is 2. The average Bonchev–Trinajstić information content (AvgIpc) is 2.69. The number of carbonyl (C=O) groups is 1. The molecule has 0 saturated heterocycles. The van der Waals surface area contributed by atoms with Gasteiger partial charge in [0.25, 0.3) is 0 Å². The van der Waals surface area contributed by atoms with Gasteiger partial charge in [-0.1, -0.05) is 23.7 Å². The fraction of sp³-hybridized carbons (Fsp3) is 0.0909. The highest BCUT2D eigenvalue weighted by Crippen LogP contribution is 2.11. The van der Waals surface area contributed by atoms with Crippen LogP contribution in [0, 0.1) is 0 Å². The van der Waals surface area contributed by atoms with Crippen LogP contribution in [-0.4, -0.2) is 15.8 Å². The van der Waals surface area contributed by atoms with Crippen molar-refractivity contribution in [2.24, 2.45) is 0 Å². The summed E-state index contributed by atoms with van der Waals surface area (Å²) in [6.45, 7) is 0.630. The molecule has 0 spiro atoms. The molecule has 2 rings (SSSR count). The van der Waals surface area contributed by atoms with Crippen molar-refractivity contribution in [1.82, 2.24) is 9.55 Å². The van der Waals surface area contributed by atoms with E-state index in [1.165, 1.54) is 0 Å². The lowest BCUT2D eigenvalue weighted by atomic mass is 10.2. The van der Waals surface area contributed by atoms with E-state index in [2.05, 4.69) is 4.98 Å². The molecule has 4 heteroatoms. The Hall–Kier alpha value is -1.61. The number of aldehydes is 1. The maximum Gasteiger partial charge on any atom is 0.168 e. The number of halogens is 1. The predicted octanol–water partition coefficient (Wildman–Crippen LogP) is 2.40. The fourth-order valence-electron chi connectivity index (χ4n) is 1.35. The summed E-state index contributed by atoms with van der Waals surface area (Å²) in [6, 6.07) is 7.51. The number of imidazole rings is 1. The van der Waals surface area contributed by atoms with Crippen LogP contribution in [-0.2, 0) is 6.54 Å². The number of hydrogen-bond donors (Lipinski definition) is 0. The highest BCUT2D eigenvalue weighted by Gasteiger charge is 2.01. The second-order valence-electron chi connectivity index (χ2n) is 3.19. The molecule has 0 N–H and O–H groups in total. The number of aromatic nitrogens is 2. The van der Waals surface area contributed by atoms with Crippen LogP contribution in [0.3, 0.4) is 0 Å². The molecule has 0 radical (unpaired) electrons. The van der Waals surface area contributed by atoms with Crippen LogP contribution in [0.5, 0.6) is 0 Å². The molecule has 0 fully saturated rings. The Morgan fingerprint density at radius 1 is 1.33 bits per heavy atom. The molecular formula is C11H9ClN2O. The molecule has 0 aliphatic heterocycles. The van der Waals surface area contributed by atoms with Gasteiger partial charge in [-0.2, -0.15) is 0 Å². The summed E-state index contributed by atoms with van der Waals surface area (Å²) in [5, 5.41) is 0.708. The lowest BCUT2D eigenvalue weighted by Crippen LogP contribution is -2.01. The minimum atomic E-state index is 0.574. The van der Waals surface area contributed by atoms with Gasteiger partial charge in [-0.3, -0.25) is 4.79 Å². The standard InChI is InChI=1S/C11H9ClN2O/c12-10-3-1-9(2-4-10)6-14-8-13-5-11(14)7-15/h1-5,7-8H,6H2. The van der Waals surface area contributed by atoms with Gasteiger partial charge in [0.05, 0.1) is 12.5 Å². The lowest BCUT2D eigenvalue weighted by molar-refractivity contribution is 0.111. The highest BCUT2D eigenvalue weighted by atomic mass is 35.5. The van der Waals surface area contributed by atoms with Gasteiger partial charge in [0.1, 0.15) is 5.69 Å². The second-order valence-corrected chi connectivity index (χ2v) is 3.63. The molecule has 15 heavy (non-hydrogen) atoms. The second kappa shape index (κ2) is 4.28. The summed E-state index contributed by atoms with van der Waals surface area (Å²) in [5.74, 6) is 0. The van der Waals surface area contributed by atoms with Gasteiger partial charge in [-0.05, 0) is 17.7 Å². The Balaban J connectivity index is 2.21. The van der Waals surface area contributed by atoms with Gasteiger partial charge in [0.2, 0.25) is 0 Å². The SMILES string of the molecule is O=Cc1cncn1Cc1ccc(Cl)cc1. The first-order valence-electron chi connectivity index (χ1n) is 4.49. The van der Waals surface area contributed by atoms with Gasteiger partial charge in [0, 0.05) is 11.6 Å². The highest BCUT2D eigenvalue weighted by molar-refractivity contribution is 6.30. The van der Waals surface area contributed by atoms with Gasteiger partial charge in [-0.25, -0.2) is 4.98 Å². The van der Waals surface area contributed by atoms with Crippen molar-refractivity contribution in [3.63, 3.8) is 0 Å². The molecule has 0 unspecified atom stereocenters. The molecule has 0 atom stereocenters. The van der Waals surface area contributed by atoms with Crippen molar-refractivity contribution in [2.45, 2.75) is 6.54 Å². The zero-order valence-electron chi connectivity index (χ0n) is 7.93. The first-order valence-corrected chi connectivity index (χ1v) is 4.87. The Morgan fingerprint density at radius 2 is 2.07 bits per heavy atom. The monoisotopic (exact) mass is 220 g/mol. The molecule has 76 valence electrons. The molecule has 2 aromatic rings. The maximum atomic E-state index is 10.7. The Bertz CT molecular complexity index is 462. The molecule has 0 saturated carbocycles. The molecule has 0 aliphatic carbocycles. The summed E-state index contributed by atoms with van der Waals surface area (Å²) in [6.07, 6.45) is 3.98. The predicted molar refractivity (Wildman–Crippen MR) is 58.2 cm³/mol. The molecule has 1 heterocycles. The van der Waals surface area contributed by atoms with Crippen LogP contribution in [0.25, 0.3) is 0 Å². The normalized spacial score (nSPS) is 10.2. The first-order chi connectivity index (χ1) is 7.29. The Kier molecular flexibility index (Phi) is 2.83. The Labute approximate surface area is 92.3 Å². The van der Waals surface area contributed by atoms with Crippen molar-refractivity contribution < 1.29 is 4.79 Å². The maximum absolute atomic E-state index is 10.7. The van der Waals surface area contributed by atoms with Crippen molar-refractivity contribution in [1.29, 1.82) is 0 Å². The van der Waals surface area contributed by atoms with Crippen molar-refractivity contribution >= 4 is 17.9 Å². The minimum absolute atomic E-state index is 0.574. The summed E-state index contributed by atoms with van der Waals surface area (Å²) < 4.78 is 1.79. The molecular weight excluding hydrogens is 212 g/mol. The van der Waals surface area contributed by atoms with Gasteiger partial charge >= 0.3 is 0 Å². The summed E-state index contributed by atoms with van der Waals surface area (Å²) in [5.41, 5.74) is 1.66. The van der Waals surface area contributed by atoms with E-state index < -0.39 is 0 Å². The van der Waals surface area contributed by atoms with Crippen LogP contribution >= 0.6 is 11.6 Å². The lowest BCUT2D eigenvalue weighted by Gasteiger charge is -2.04. The third-order valence-electron chi connectivity index (χ3n) is 2.13. The van der Waals surface area contributed by atoms with Gasteiger partial charge in [-0.15, -0.1) is 0 Å². The molecule has 1 aromatic heterocycles. The van der Waals surface area contributed by atoms with E-state index in [1.54, 1.807) is 17.1 Å². The van der Waals surface area contributed by atoms with Crippen molar-refractivity contribution in [3.05, 3.63) is 53.1 Å². The van der Waals surface area contributed by atoms with Crippen LogP contribution in [0.2, 0.25) is 5.02 Å². The van der Waals surface area contributed by atoms with Crippen LogP contribution in [0.4, 0.5) is 0 Å². The first kappa shape index (κ1) is 9.93. The van der Waals surface area contributed by atoms with Gasteiger partial charge < -0.3 is 4.57 Å². The number of hydrogen-bond acceptors (Lipinski definition) is 2. The smallest absolute Gasteiger partial charge is 0.168 e. The molecule has 3 nitrogen and oxygen atoms in total. The topological polar surface area (TPSA) is 34.9 Å². The largest absolute Gasteiger partial charge is 0.324 e. The number of benzene rings is 1. The van der Waals surface area contributed by atoms with Crippen LogP contribution in [0.15, 0.2) is 36.8 Å². The van der Waals surface area contributed by atoms with E-state index in [0.29, 0.717) is 17.3 Å². The molecule has 1 aromatic carbocycles. The third kappa shape index (κ3) is 2.25. The fourth-order valence-corrected chi connectivity index (χ4v) is 1.47. The molecule has 0 aliphatic rings. The van der Waals surface area contributed by atoms with Crippen molar-refractivity contribution in [3.8, 4) is 0 Å². The average molecular weight is 221 g/mol.